The van der Waals surface area contributed by atoms with Gasteiger partial charge in [-0.3, -0.25) is 9.98 Å². The second-order valence-corrected chi connectivity index (χ2v) is 13.5. The minimum atomic E-state index is 0.930. The molecule has 0 saturated heterocycles. The van der Waals surface area contributed by atoms with Crippen LogP contribution in [0.3, 0.4) is 0 Å². The van der Waals surface area contributed by atoms with Crippen LogP contribution in [0.5, 0.6) is 0 Å². The Morgan fingerprint density at radius 1 is 0.725 bits per heavy atom. The summed E-state index contributed by atoms with van der Waals surface area (Å²) in [5, 5.41) is 4.22. The molecule has 3 nitrogen and oxygen atoms in total. The zero-order valence-electron chi connectivity index (χ0n) is 24.0. The average Bonchev–Trinajstić information content (AvgIpc) is 3.71. The molecule has 2 heterocycles. The zero-order valence-corrected chi connectivity index (χ0v) is 28.9. The van der Waals surface area contributed by atoms with Gasteiger partial charge in [0.15, 0.2) is 5.17 Å². The Morgan fingerprint density at radius 2 is 1.30 bits per heavy atom. The summed E-state index contributed by atoms with van der Waals surface area (Å²) < 4.78 is 1.23. The van der Waals surface area contributed by atoms with Crippen molar-refractivity contribution < 1.29 is 0 Å². The summed E-state index contributed by atoms with van der Waals surface area (Å²) in [6, 6.07) is 10.3. The highest BCUT2D eigenvalue weighted by molar-refractivity contribution is 8.39. The molecular formula is C31H47N3S6. The average molecular weight is 654 g/mol. The van der Waals surface area contributed by atoms with E-state index in [-0.39, 0.29) is 0 Å². The zero-order chi connectivity index (χ0) is 29.9. The number of aliphatic imine (C=N–C) groups is 2. The van der Waals surface area contributed by atoms with Gasteiger partial charge >= 0.3 is 0 Å². The third kappa shape index (κ3) is 31.4. The summed E-state index contributed by atoms with van der Waals surface area (Å²) in [5.74, 6) is 7.24. The van der Waals surface area contributed by atoms with E-state index in [0.29, 0.717) is 0 Å². The Hall–Kier alpha value is -1.10. The number of thioether (sulfide) groups is 6. The lowest BCUT2D eigenvalue weighted by Gasteiger charge is -1.95. The summed E-state index contributed by atoms with van der Waals surface area (Å²) in [6.07, 6.45) is 13.4. The van der Waals surface area contributed by atoms with Gasteiger partial charge in [-0.2, -0.15) is 23.5 Å². The van der Waals surface area contributed by atoms with Crippen LogP contribution in [-0.2, 0) is 0 Å². The van der Waals surface area contributed by atoms with Crippen molar-refractivity contribution in [2.24, 2.45) is 9.98 Å². The van der Waals surface area contributed by atoms with Crippen molar-refractivity contribution in [3.63, 3.8) is 0 Å². The minimum absolute atomic E-state index is 0.930. The van der Waals surface area contributed by atoms with Crippen LogP contribution < -0.4 is 5.32 Å². The van der Waals surface area contributed by atoms with Gasteiger partial charge in [0.1, 0.15) is 4.38 Å². The Kier molecular flexibility index (Phi) is 36.9. The molecule has 0 saturated carbocycles. The minimum Gasteiger partial charge on any atom is -0.363 e. The fourth-order valence-corrected chi connectivity index (χ4v) is 5.97. The van der Waals surface area contributed by atoms with Crippen molar-refractivity contribution in [2.75, 3.05) is 66.2 Å². The Labute approximate surface area is 271 Å². The molecule has 3 rings (SSSR count). The summed E-state index contributed by atoms with van der Waals surface area (Å²) in [7, 11) is 0. The quantitative estimate of drug-likeness (QED) is 0.129. The SMILES string of the molecule is C=CCSC.C=CCSC1=NCCN1.C=CCSC1=NCCS1.C=CCSCC=C.C=CCSc1ccccc1. The normalized spacial score (nSPS) is 12.3. The van der Waals surface area contributed by atoms with E-state index < -0.39 is 0 Å². The van der Waals surface area contributed by atoms with Crippen molar-refractivity contribution >= 4 is 80.1 Å². The third-order valence-electron chi connectivity index (χ3n) is 3.73. The number of hydrogen-bond donors (Lipinski definition) is 1. The molecule has 222 valence electrons. The smallest absolute Gasteiger partial charge is 0.156 e. The van der Waals surface area contributed by atoms with Crippen molar-refractivity contribution in [1.29, 1.82) is 0 Å². The molecule has 0 bridgehead atoms. The summed E-state index contributed by atoms with van der Waals surface area (Å²) in [4.78, 5) is 9.77. The summed E-state index contributed by atoms with van der Waals surface area (Å²) in [6.45, 7) is 24.5. The topological polar surface area (TPSA) is 36.8 Å². The van der Waals surface area contributed by atoms with E-state index in [1.807, 2.05) is 78.2 Å². The molecule has 1 aromatic carbocycles. The van der Waals surface area contributed by atoms with Crippen LogP contribution >= 0.6 is 70.6 Å². The van der Waals surface area contributed by atoms with Gasteiger partial charge in [0.2, 0.25) is 0 Å². The maximum absolute atomic E-state index is 4.27. The fourth-order valence-electron chi connectivity index (χ4n) is 2.17. The molecule has 0 amide bonds. The number of rotatable bonds is 13. The lowest BCUT2D eigenvalue weighted by Crippen LogP contribution is -2.14. The molecule has 0 spiro atoms. The second kappa shape index (κ2) is 35.9. The monoisotopic (exact) mass is 653 g/mol. The molecule has 0 unspecified atom stereocenters. The van der Waals surface area contributed by atoms with Crippen LogP contribution in [0.15, 0.2) is 121 Å². The molecule has 0 fully saturated rings. The van der Waals surface area contributed by atoms with Crippen molar-refractivity contribution in [1.82, 2.24) is 5.32 Å². The van der Waals surface area contributed by atoms with Crippen LogP contribution in [0.2, 0.25) is 0 Å². The fraction of sp³-hybridized carbons (Fsp3) is 0.355. The Bertz CT molecular complexity index is 801. The van der Waals surface area contributed by atoms with E-state index in [0.717, 1.165) is 59.3 Å². The molecule has 0 radical (unpaired) electrons. The lowest BCUT2D eigenvalue weighted by molar-refractivity contribution is 0.963. The highest BCUT2D eigenvalue weighted by Crippen LogP contribution is 2.21. The predicted molar refractivity (Wildman–Crippen MR) is 204 cm³/mol. The van der Waals surface area contributed by atoms with Gasteiger partial charge in [-0.15, -0.1) is 51.2 Å². The van der Waals surface area contributed by atoms with Gasteiger partial charge < -0.3 is 5.32 Å². The van der Waals surface area contributed by atoms with Gasteiger partial charge in [-0.25, -0.2) is 0 Å². The molecule has 1 N–H and O–H groups in total. The van der Waals surface area contributed by atoms with E-state index in [9.17, 15) is 0 Å². The maximum atomic E-state index is 4.27. The van der Waals surface area contributed by atoms with E-state index in [4.69, 9.17) is 0 Å². The number of nitrogens with zero attached hydrogens (tertiary/aromatic N) is 2. The molecule has 2 aliphatic rings. The van der Waals surface area contributed by atoms with E-state index in [1.165, 1.54) is 15.0 Å². The number of amidine groups is 1. The number of benzene rings is 1. The largest absolute Gasteiger partial charge is 0.363 e. The van der Waals surface area contributed by atoms with Gasteiger partial charge in [-0.1, -0.05) is 89.9 Å². The second-order valence-electron chi connectivity index (χ2n) is 7.08. The predicted octanol–water partition coefficient (Wildman–Crippen LogP) is 9.46. The van der Waals surface area contributed by atoms with Gasteiger partial charge in [0.05, 0.1) is 13.1 Å². The van der Waals surface area contributed by atoms with Gasteiger partial charge in [0.25, 0.3) is 0 Å². The van der Waals surface area contributed by atoms with Crippen molar-refractivity contribution in [3.05, 3.63) is 106 Å². The third-order valence-corrected chi connectivity index (χ3v) is 9.45. The molecule has 2 aliphatic heterocycles. The van der Waals surface area contributed by atoms with Gasteiger partial charge in [0, 0.05) is 51.7 Å². The highest BCUT2D eigenvalue weighted by atomic mass is 32.2. The number of nitrogens with one attached hydrogen (secondary N) is 1. The molecule has 9 heteroatoms. The maximum Gasteiger partial charge on any atom is 0.156 e. The van der Waals surface area contributed by atoms with Crippen LogP contribution in [0, 0.1) is 0 Å². The number of hydrogen-bond acceptors (Lipinski definition) is 9. The first kappa shape index (κ1) is 41.0. The summed E-state index contributed by atoms with van der Waals surface area (Å²) >= 11 is 10.7. The first-order valence-electron chi connectivity index (χ1n) is 12.7. The lowest BCUT2D eigenvalue weighted by atomic mass is 10.4. The molecule has 0 aromatic heterocycles. The van der Waals surface area contributed by atoms with Crippen molar-refractivity contribution in [3.8, 4) is 0 Å². The van der Waals surface area contributed by atoms with Crippen LogP contribution in [0.25, 0.3) is 0 Å². The highest BCUT2D eigenvalue weighted by Gasteiger charge is 2.05. The first-order chi connectivity index (χ1) is 19.6. The molecule has 40 heavy (non-hydrogen) atoms. The van der Waals surface area contributed by atoms with Crippen LogP contribution in [-0.4, -0.2) is 75.7 Å². The summed E-state index contributed by atoms with van der Waals surface area (Å²) in [5.41, 5.74) is 0. The molecule has 0 atom stereocenters. The Balaban J connectivity index is 0. The van der Waals surface area contributed by atoms with Gasteiger partial charge in [-0.05, 0) is 18.4 Å². The van der Waals surface area contributed by atoms with Crippen LogP contribution in [0.4, 0.5) is 0 Å². The first-order valence-corrected chi connectivity index (χ1v) is 19.2. The van der Waals surface area contributed by atoms with E-state index in [1.54, 1.807) is 47.0 Å². The molecule has 0 aliphatic carbocycles. The molecular weight excluding hydrogens is 607 g/mol. The van der Waals surface area contributed by atoms with E-state index in [2.05, 4.69) is 73.2 Å². The van der Waals surface area contributed by atoms with Crippen molar-refractivity contribution in [2.45, 2.75) is 4.90 Å². The Morgan fingerprint density at radius 3 is 1.75 bits per heavy atom. The van der Waals surface area contributed by atoms with Crippen LogP contribution in [0.1, 0.15) is 0 Å². The standard InChI is InChI=1S/C9H10S.C6H10N2S.C6H9NS2.C6H10S.C4H8S/c1-2-8-10-9-6-4-3-5-7-9;1-2-5-9-6-7-3-4-8-6;1-2-4-8-6-7-3-5-9-6;1-3-5-7-6-4-2;1-3-4-5-2/h2-7H,1,8H2;2H,1,3-5H2,(H,7,8);2H,1,3-5H2;3-4H,1-2,5-6H2;3H,1,4H2,2H3. The van der Waals surface area contributed by atoms with E-state index >= 15 is 0 Å². The molecule has 1 aromatic rings.